The number of ether oxygens (including phenoxy) is 1. The fourth-order valence-corrected chi connectivity index (χ4v) is 1.32. The van der Waals surface area contributed by atoms with E-state index < -0.39 is 5.41 Å². The first-order valence-electron chi connectivity index (χ1n) is 5.59. The lowest BCUT2D eigenvalue weighted by Crippen LogP contribution is -2.44. The van der Waals surface area contributed by atoms with Gasteiger partial charge in [0.25, 0.3) is 0 Å². The standard InChI is InChI=1S/C13H17N3O2/c1-13(2,12(17)16-15)9-18-11-5-3-10(4-6-11)7-8-14/h3-6H,7,9,15H2,1-2H3,(H,16,17). The minimum atomic E-state index is -0.694. The Morgan fingerprint density at radius 1 is 1.44 bits per heavy atom. The Balaban J connectivity index is 2.59. The third-order valence-corrected chi connectivity index (χ3v) is 2.55. The average Bonchev–Trinajstić information content (AvgIpc) is 2.37. The van der Waals surface area contributed by atoms with Crippen molar-refractivity contribution in [3.8, 4) is 11.8 Å². The molecule has 5 heteroatoms. The van der Waals surface area contributed by atoms with E-state index in [1.165, 1.54) is 0 Å². The largest absolute Gasteiger partial charge is 0.492 e. The molecule has 0 heterocycles. The summed E-state index contributed by atoms with van der Waals surface area (Å²) in [5.74, 6) is 5.48. The summed E-state index contributed by atoms with van der Waals surface area (Å²) in [6, 6.07) is 9.29. The molecule has 0 radical (unpaired) electrons. The zero-order valence-corrected chi connectivity index (χ0v) is 10.6. The molecule has 0 aliphatic rings. The molecule has 0 fully saturated rings. The maximum absolute atomic E-state index is 11.4. The van der Waals surface area contributed by atoms with Gasteiger partial charge in [-0.2, -0.15) is 5.26 Å². The third-order valence-electron chi connectivity index (χ3n) is 2.55. The molecule has 1 rings (SSSR count). The molecule has 1 amide bonds. The Morgan fingerprint density at radius 3 is 2.56 bits per heavy atom. The number of hydrazine groups is 1. The molecule has 0 aromatic heterocycles. The van der Waals surface area contributed by atoms with E-state index in [1.807, 2.05) is 12.1 Å². The number of hydrogen-bond donors (Lipinski definition) is 2. The highest BCUT2D eigenvalue weighted by molar-refractivity contribution is 5.81. The predicted molar refractivity (Wildman–Crippen MR) is 67.4 cm³/mol. The van der Waals surface area contributed by atoms with Crippen LogP contribution in [0.2, 0.25) is 0 Å². The van der Waals surface area contributed by atoms with E-state index in [2.05, 4.69) is 11.5 Å². The molecule has 96 valence electrons. The van der Waals surface area contributed by atoms with Crippen LogP contribution in [0.15, 0.2) is 24.3 Å². The van der Waals surface area contributed by atoms with Crippen LogP contribution in [-0.4, -0.2) is 12.5 Å². The van der Waals surface area contributed by atoms with Crippen LogP contribution in [0.3, 0.4) is 0 Å². The van der Waals surface area contributed by atoms with Crippen LogP contribution in [0.5, 0.6) is 5.75 Å². The number of benzene rings is 1. The number of hydrogen-bond acceptors (Lipinski definition) is 4. The SMILES string of the molecule is CC(C)(COc1ccc(CC#N)cc1)C(=O)NN. The highest BCUT2D eigenvalue weighted by atomic mass is 16.5. The van der Waals surface area contributed by atoms with Gasteiger partial charge in [-0.15, -0.1) is 0 Å². The maximum atomic E-state index is 11.4. The number of amides is 1. The van der Waals surface area contributed by atoms with Crippen LogP contribution in [0.25, 0.3) is 0 Å². The second-order valence-corrected chi connectivity index (χ2v) is 4.62. The number of nitrogens with one attached hydrogen (secondary N) is 1. The quantitative estimate of drug-likeness (QED) is 0.464. The lowest BCUT2D eigenvalue weighted by molar-refractivity contribution is -0.130. The second-order valence-electron chi connectivity index (χ2n) is 4.62. The van der Waals surface area contributed by atoms with Crippen LogP contribution in [0.4, 0.5) is 0 Å². The van der Waals surface area contributed by atoms with Gasteiger partial charge in [-0.1, -0.05) is 12.1 Å². The van der Waals surface area contributed by atoms with Crippen molar-refractivity contribution in [3.63, 3.8) is 0 Å². The van der Waals surface area contributed by atoms with Gasteiger partial charge < -0.3 is 4.74 Å². The summed E-state index contributed by atoms with van der Waals surface area (Å²) in [5.41, 5.74) is 2.35. The highest BCUT2D eigenvalue weighted by Gasteiger charge is 2.27. The summed E-state index contributed by atoms with van der Waals surface area (Å²) in [6.45, 7) is 3.73. The Hall–Kier alpha value is -2.06. The topological polar surface area (TPSA) is 88.1 Å². The van der Waals surface area contributed by atoms with E-state index in [1.54, 1.807) is 26.0 Å². The molecule has 18 heavy (non-hydrogen) atoms. The first kappa shape index (κ1) is 14.0. The Labute approximate surface area is 107 Å². The zero-order chi connectivity index (χ0) is 13.6. The first-order valence-corrected chi connectivity index (χ1v) is 5.59. The summed E-state index contributed by atoms with van der Waals surface area (Å²) < 4.78 is 5.53. The molecule has 0 saturated carbocycles. The van der Waals surface area contributed by atoms with Crippen molar-refractivity contribution in [1.29, 1.82) is 5.26 Å². The van der Waals surface area contributed by atoms with Gasteiger partial charge in [0, 0.05) is 0 Å². The van der Waals surface area contributed by atoms with Crippen molar-refractivity contribution in [2.24, 2.45) is 11.3 Å². The zero-order valence-electron chi connectivity index (χ0n) is 10.6. The van der Waals surface area contributed by atoms with Crippen LogP contribution >= 0.6 is 0 Å². The number of nitrogens with two attached hydrogens (primary N) is 1. The molecule has 1 aromatic carbocycles. The molecule has 1 aromatic rings. The monoisotopic (exact) mass is 247 g/mol. The van der Waals surface area contributed by atoms with Crippen LogP contribution in [0, 0.1) is 16.7 Å². The van der Waals surface area contributed by atoms with Gasteiger partial charge in [0.05, 0.1) is 17.9 Å². The van der Waals surface area contributed by atoms with Gasteiger partial charge in [-0.25, -0.2) is 5.84 Å². The Morgan fingerprint density at radius 2 is 2.06 bits per heavy atom. The molecule has 3 N–H and O–H groups in total. The van der Waals surface area contributed by atoms with Crippen molar-refractivity contribution in [2.75, 3.05) is 6.61 Å². The number of carbonyl (C=O) groups is 1. The molecule has 0 aliphatic carbocycles. The number of rotatable bonds is 5. The summed E-state index contributed by atoms with van der Waals surface area (Å²) >= 11 is 0. The molecule has 0 spiro atoms. The summed E-state index contributed by atoms with van der Waals surface area (Å²) in [5, 5.41) is 8.55. The Kier molecular flexibility index (Phi) is 4.69. The highest BCUT2D eigenvalue weighted by Crippen LogP contribution is 2.19. The van der Waals surface area contributed by atoms with E-state index >= 15 is 0 Å². The number of nitrogens with zero attached hydrogens (tertiary/aromatic N) is 1. The van der Waals surface area contributed by atoms with Gasteiger partial charge in [0.2, 0.25) is 5.91 Å². The third kappa shape index (κ3) is 3.75. The van der Waals surface area contributed by atoms with Gasteiger partial charge in [0.15, 0.2) is 0 Å². The smallest absolute Gasteiger partial charge is 0.242 e. The molecular weight excluding hydrogens is 230 g/mol. The van der Waals surface area contributed by atoms with Crippen molar-refractivity contribution in [2.45, 2.75) is 20.3 Å². The van der Waals surface area contributed by atoms with Crippen molar-refractivity contribution in [3.05, 3.63) is 29.8 Å². The van der Waals surface area contributed by atoms with Gasteiger partial charge >= 0.3 is 0 Å². The van der Waals surface area contributed by atoms with E-state index in [0.717, 1.165) is 5.56 Å². The van der Waals surface area contributed by atoms with E-state index in [-0.39, 0.29) is 12.5 Å². The lowest BCUT2D eigenvalue weighted by atomic mass is 9.94. The predicted octanol–water partition coefficient (Wildman–Crippen LogP) is 1.15. The fourth-order valence-electron chi connectivity index (χ4n) is 1.32. The Bertz CT molecular complexity index is 446. The molecule has 0 aliphatic heterocycles. The number of nitriles is 1. The van der Waals surface area contributed by atoms with Gasteiger partial charge in [0.1, 0.15) is 12.4 Å². The second kappa shape index (κ2) is 6.03. The lowest BCUT2D eigenvalue weighted by Gasteiger charge is -2.22. The molecule has 0 atom stereocenters. The van der Waals surface area contributed by atoms with Gasteiger partial charge in [-0.05, 0) is 31.5 Å². The minimum absolute atomic E-state index is 0.230. The molecule has 0 unspecified atom stereocenters. The molecule has 0 bridgehead atoms. The fraction of sp³-hybridized carbons (Fsp3) is 0.385. The van der Waals surface area contributed by atoms with Crippen LogP contribution in [-0.2, 0) is 11.2 Å². The summed E-state index contributed by atoms with van der Waals surface area (Å²) in [6.07, 6.45) is 0.376. The molecule has 0 saturated heterocycles. The van der Waals surface area contributed by atoms with Crippen LogP contribution in [0.1, 0.15) is 19.4 Å². The summed E-state index contributed by atoms with van der Waals surface area (Å²) in [4.78, 5) is 11.4. The van der Waals surface area contributed by atoms with E-state index in [4.69, 9.17) is 15.8 Å². The van der Waals surface area contributed by atoms with E-state index in [0.29, 0.717) is 12.2 Å². The minimum Gasteiger partial charge on any atom is -0.492 e. The molecule has 5 nitrogen and oxygen atoms in total. The average molecular weight is 247 g/mol. The summed E-state index contributed by atoms with van der Waals surface area (Å²) in [7, 11) is 0. The van der Waals surface area contributed by atoms with Crippen LogP contribution < -0.4 is 16.0 Å². The van der Waals surface area contributed by atoms with Crippen molar-refractivity contribution >= 4 is 5.91 Å². The number of carbonyl (C=O) groups excluding carboxylic acids is 1. The van der Waals surface area contributed by atoms with Crippen molar-refractivity contribution in [1.82, 2.24) is 5.43 Å². The van der Waals surface area contributed by atoms with E-state index in [9.17, 15) is 4.79 Å². The van der Waals surface area contributed by atoms with Crippen molar-refractivity contribution < 1.29 is 9.53 Å². The maximum Gasteiger partial charge on any atom is 0.242 e. The normalized spacial score (nSPS) is 10.6. The molecular formula is C13H17N3O2. The first-order chi connectivity index (χ1) is 8.49. The van der Waals surface area contributed by atoms with Gasteiger partial charge in [-0.3, -0.25) is 10.2 Å².